The van der Waals surface area contributed by atoms with Crippen molar-refractivity contribution in [2.45, 2.75) is 24.5 Å². The Labute approximate surface area is 116 Å². The van der Waals surface area contributed by atoms with Gasteiger partial charge in [-0.3, -0.25) is 0 Å². The maximum atomic E-state index is 12.4. The summed E-state index contributed by atoms with van der Waals surface area (Å²) in [6, 6.07) is 4.29. The second-order valence-corrected chi connectivity index (χ2v) is 6.72. The maximum absolute atomic E-state index is 12.4. The van der Waals surface area contributed by atoms with Crippen LogP contribution in [0.1, 0.15) is 13.3 Å². The van der Waals surface area contributed by atoms with Crippen LogP contribution < -0.4 is 0 Å². The summed E-state index contributed by atoms with van der Waals surface area (Å²) in [6.07, 6.45) is 0.225. The first-order valence-corrected chi connectivity index (χ1v) is 7.71. The van der Waals surface area contributed by atoms with Crippen molar-refractivity contribution >= 4 is 33.2 Å². The fourth-order valence-electron chi connectivity index (χ4n) is 1.83. The molecule has 100 valence electrons. The van der Waals surface area contributed by atoms with E-state index >= 15 is 0 Å². The van der Waals surface area contributed by atoms with E-state index in [9.17, 15) is 8.42 Å². The summed E-state index contributed by atoms with van der Waals surface area (Å²) in [4.78, 5) is 0.134. The summed E-state index contributed by atoms with van der Waals surface area (Å²) in [5.41, 5.74) is 0. The monoisotopic (exact) mass is 309 g/mol. The zero-order valence-corrected chi connectivity index (χ0v) is 12.1. The van der Waals surface area contributed by atoms with E-state index in [0.29, 0.717) is 24.6 Å². The zero-order valence-electron chi connectivity index (χ0n) is 9.77. The molecule has 1 unspecified atom stereocenters. The van der Waals surface area contributed by atoms with E-state index in [1.807, 2.05) is 0 Å². The summed E-state index contributed by atoms with van der Waals surface area (Å²) in [5, 5.41) is 0.557. The van der Waals surface area contributed by atoms with Gasteiger partial charge in [0, 0.05) is 13.2 Å². The van der Waals surface area contributed by atoms with E-state index in [1.165, 1.54) is 22.5 Å². The van der Waals surface area contributed by atoms with Crippen molar-refractivity contribution in [3.8, 4) is 0 Å². The molecule has 0 radical (unpaired) electrons. The summed E-state index contributed by atoms with van der Waals surface area (Å²) < 4.78 is 31.5. The van der Waals surface area contributed by atoms with E-state index in [0.717, 1.165) is 0 Å². The average molecular weight is 310 g/mol. The highest BCUT2D eigenvalue weighted by atomic mass is 35.5. The third-order valence-corrected chi connectivity index (χ3v) is 5.47. The second-order valence-electron chi connectivity index (χ2n) is 4.02. The number of nitrogens with zero attached hydrogens (tertiary/aromatic N) is 1. The molecule has 2 rings (SSSR count). The Morgan fingerprint density at radius 1 is 1.33 bits per heavy atom. The van der Waals surface area contributed by atoms with Crippen molar-refractivity contribution in [2.24, 2.45) is 0 Å². The van der Waals surface area contributed by atoms with Crippen molar-refractivity contribution in [2.75, 3.05) is 13.2 Å². The molecule has 1 aliphatic rings. The van der Waals surface area contributed by atoms with Crippen molar-refractivity contribution < 1.29 is 13.2 Å². The summed E-state index contributed by atoms with van der Waals surface area (Å²) in [5.74, 6) is 0. The molecule has 1 fully saturated rings. The highest BCUT2D eigenvalue weighted by molar-refractivity contribution is 7.89. The van der Waals surface area contributed by atoms with E-state index in [-0.39, 0.29) is 9.92 Å². The van der Waals surface area contributed by atoms with Gasteiger partial charge in [0.2, 0.25) is 10.0 Å². The highest BCUT2D eigenvalue weighted by Gasteiger charge is 2.31. The molecule has 0 spiro atoms. The molecule has 7 heteroatoms. The smallest absolute Gasteiger partial charge is 0.245 e. The molecule has 0 aliphatic carbocycles. The van der Waals surface area contributed by atoms with Crippen molar-refractivity contribution in [3.05, 3.63) is 28.2 Å². The van der Waals surface area contributed by atoms with Gasteiger partial charge in [0.25, 0.3) is 0 Å². The van der Waals surface area contributed by atoms with Crippen LogP contribution in [-0.2, 0) is 14.8 Å². The van der Waals surface area contributed by atoms with Crippen molar-refractivity contribution in [3.63, 3.8) is 0 Å². The largest absolute Gasteiger partial charge is 0.362 e. The molecule has 18 heavy (non-hydrogen) atoms. The second kappa shape index (κ2) is 5.35. The fraction of sp³-hybridized carbons (Fsp3) is 0.455. The molecule has 1 heterocycles. The quantitative estimate of drug-likeness (QED) is 0.844. The minimum Gasteiger partial charge on any atom is -0.362 e. The minimum absolute atomic E-state index is 0.134. The molecular weight excluding hydrogens is 297 g/mol. The van der Waals surface area contributed by atoms with Gasteiger partial charge in [-0.15, -0.1) is 0 Å². The maximum Gasteiger partial charge on any atom is 0.245 e. The predicted octanol–water partition coefficient (Wildman–Crippen LogP) is 2.75. The average Bonchev–Trinajstić information content (AvgIpc) is 2.33. The first-order valence-electron chi connectivity index (χ1n) is 5.51. The molecule has 0 aromatic heterocycles. The SMILES string of the molecule is CC1OCCCN1S(=O)(=O)c1ccc(Cl)c(Cl)c1. The Morgan fingerprint density at radius 3 is 2.67 bits per heavy atom. The van der Waals surface area contributed by atoms with Gasteiger partial charge in [-0.25, -0.2) is 8.42 Å². The standard InChI is InChI=1S/C11H13Cl2NO3S/c1-8-14(5-2-6-17-8)18(15,16)9-3-4-10(12)11(13)7-9/h3-4,7-8H,2,5-6H2,1H3. The lowest BCUT2D eigenvalue weighted by Gasteiger charge is -2.32. The Bertz CT molecular complexity index is 547. The van der Waals surface area contributed by atoms with Crippen molar-refractivity contribution in [1.82, 2.24) is 4.31 Å². The third kappa shape index (κ3) is 2.65. The minimum atomic E-state index is -3.59. The van der Waals surface area contributed by atoms with Crippen LogP contribution in [0.5, 0.6) is 0 Å². The number of halogens is 2. The van der Waals surface area contributed by atoms with E-state index in [4.69, 9.17) is 27.9 Å². The molecule has 0 bridgehead atoms. The van der Waals surface area contributed by atoms with Gasteiger partial charge >= 0.3 is 0 Å². The van der Waals surface area contributed by atoms with Gasteiger partial charge in [0.1, 0.15) is 6.23 Å². The van der Waals surface area contributed by atoms with Gasteiger partial charge < -0.3 is 4.74 Å². The lowest BCUT2D eigenvalue weighted by molar-refractivity contribution is -0.0410. The van der Waals surface area contributed by atoms with Gasteiger partial charge in [-0.2, -0.15) is 4.31 Å². The lowest BCUT2D eigenvalue weighted by Crippen LogP contribution is -2.44. The number of benzene rings is 1. The van der Waals surface area contributed by atoms with Gasteiger partial charge in [-0.05, 0) is 31.5 Å². The Kier molecular flexibility index (Phi) is 4.18. The molecule has 1 aromatic rings. The fourth-order valence-corrected chi connectivity index (χ4v) is 3.79. The Hall–Kier alpha value is -0.330. The first-order chi connectivity index (χ1) is 8.43. The van der Waals surface area contributed by atoms with Crippen LogP contribution >= 0.6 is 23.2 Å². The number of ether oxygens (including phenoxy) is 1. The molecule has 1 aliphatic heterocycles. The molecule has 0 saturated carbocycles. The van der Waals surface area contributed by atoms with E-state index in [1.54, 1.807) is 6.92 Å². The number of sulfonamides is 1. The Balaban J connectivity index is 2.37. The zero-order chi connectivity index (χ0) is 13.3. The van der Waals surface area contributed by atoms with Crippen LogP contribution in [0.15, 0.2) is 23.1 Å². The van der Waals surface area contributed by atoms with Crippen LogP contribution in [0.25, 0.3) is 0 Å². The van der Waals surface area contributed by atoms with Crippen molar-refractivity contribution in [1.29, 1.82) is 0 Å². The highest BCUT2D eigenvalue weighted by Crippen LogP contribution is 2.28. The van der Waals surface area contributed by atoms with Crippen LogP contribution in [0, 0.1) is 0 Å². The number of hydrogen-bond acceptors (Lipinski definition) is 3. The van der Waals surface area contributed by atoms with Crippen LogP contribution in [-0.4, -0.2) is 32.1 Å². The summed E-state index contributed by atoms with van der Waals surface area (Å²) >= 11 is 11.6. The molecule has 1 saturated heterocycles. The molecule has 0 amide bonds. The number of rotatable bonds is 2. The topological polar surface area (TPSA) is 46.6 Å². The van der Waals surface area contributed by atoms with Gasteiger partial charge in [0.15, 0.2) is 0 Å². The Morgan fingerprint density at radius 2 is 2.06 bits per heavy atom. The molecule has 1 atom stereocenters. The van der Waals surface area contributed by atoms with E-state index in [2.05, 4.69) is 0 Å². The van der Waals surface area contributed by atoms with Gasteiger partial charge in [-0.1, -0.05) is 23.2 Å². The summed E-state index contributed by atoms with van der Waals surface area (Å²) in [6.45, 7) is 2.74. The number of hydrogen-bond donors (Lipinski definition) is 0. The third-order valence-electron chi connectivity index (χ3n) is 2.79. The lowest BCUT2D eigenvalue weighted by atomic mass is 10.4. The van der Waals surface area contributed by atoms with Gasteiger partial charge in [0.05, 0.1) is 14.9 Å². The molecule has 1 aromatic carbocycles. The first kappa shape index (κ1) is 14.1. The van der Waals surface area contributed by atoms with Crippen LogP contribution in [0.4, 0.5) is 0 Å². The molecule has 4 nitrogen and oxygen atoms in total. The molecule has 0 N–H and O–H groups in total. The predicted molar refractivity (Wildman–Crippen MR) is 70.4 cm³/mol. The van der Waals surface area contributed by atoms with E-state index < -0.39 is 16.3 Å². The normalized spacial score (nSPS) is 22.1. The summed E-state index contributed by atoms with van der Waals surface area (Å²) in [7, 11) is -3.59. The van der Waals surface area contributed by atoms with Crippen LogP contribution in [0.3, 0.4) is 0 Å². The molecular formula is C11H13Cl2NO3S. The van der Waals surface area contributed by atoms with Crippen LogP contribution in [0.2, 0.25) is 10.0 Å².